The van der Waals surface area contributed by atoms with Crippen LogP contribution in [0.4, 0.5) is 10.2 Å². The highest BCUT2D eigenvalue weighted by molar-refractivity contribution is 6.30. The molecule has 1 aromatic carbocycles. The number of aliphatic hydroxyl groups excluding tert-OH is 1. The molecule has 0 saturated heterocycles. The number of nitrogens with one attached hydrogen (secondary N) is 1. The topological polar surface area (TPSA) is 58.0 Å². The number of rotatable bonds is 5. The maximum atomic E-state index is 13.4. The standard InChI is InChI=1S/C15H15ClFN3O/c16-11-4-3-10(7-12(11)17)13(21)8-19-14-5-6-18-15(20-14)9-1-2-9/h3-7,9,13,21H,1-2,8H2,(H,18,19,20). The molecule has 1 aliphatic carbocycles. The van der Waals surface area contributed by atoms with Gasteiger partial charge in [-0.2, -0.15) is 0 Å². The van der Waals surface area contributed by atoms with E-state index in [1.54, 1.807) is 18.3 Å². The van der Waals surface area contributed by atoms with E-state index in [4.69, 9.17) is 11.6 Å². The molecule has 110 valence electrons. The van der Waals surface area contributed by atoms with Crippen molar-refractivity contribution in [2.24, 2.45) is 0 Å². The zero-order valence-electron chi connectivity index (χ0n) is 11.3. The molecule has 1 aliphatic rings. The molecule has 4 nitrogen and oxygen atoms in total. The molecule has 0 spiro atoms. The maximum absolute atomic E-state index is 13.4. The van der Waals surface area contributed by atoms with Gasteiger partial charge in [0.1, 0.15) is 17.5 Å². The third kappa shape index (κ3) is 3.49. The molecular formula is C15H15ClFN3O. The first-order chi connectivity index (χ1) is 10.1. The van der Waals surface area contributed by atoms with Crippen LogP contribution in [0.25, 0.3) is 0 Å². The summed E-state index contributed by atoms with van der Waals surface area (Å²) < 4.78 is 13.4. The second kappa shape index (κ2) is 5.95. The summed E-state index contributed by atoms with van der Waals surface area (Å²) in [5.41, 5.74) is 0.473. The van der Waals surface area contributed by atoms with Gasteiger partial charge in [-0.15, -0.1) is 0 Å². The van der Waals surface area contributed by atoms with Crippen molar-refractivity contribution in [2.75, 3.05) is 11.9 Å². The molecule has 0 radical (unpaired) electrons. The van der Waals surface area contributed by atoms with Gasteiger partial charge >= 0.3 is 0 Å². The van der Waals surface area contributed by atoms with E-state index >= 15 is 0 Å². The predicted molar refractivity (Wildman–Crippen MR) is 78.9 cm³/mol. The van der Waals surface area contributed by atoms with Crippen molar-refractivity contribution in [1.82, 2.24) is 9.97 Å². The molecule has 1 atom stereocenters. The van der Waals surface area contributed by atoms with Crippen molar-refractivity contribution in [3.63, 3.8) is 0 Å². The van der Waals surface area contributed by atoms with Gasteiger partial charge in [0.25, 0.3) is 0 Å². The Morgan fingerprint density at radius 1 is 1.38 bits per heavy atom. The number of anilines is 1. The van der Waals surface area contributed by atoms with Gasteiger partial charge in [-0.3, -0.25) is 0 Å². The molecule has 0 aliphatic heterocycles. The van der Waals surface area contributed by atoms with Gasteiger partial charge in [0.05, 0.1) is 11.1 Å². The Balaban J connectivity index is 1.63. The van der Waals surface area contributed by atoms with E-state index in [9.17, 15) is 9.50 Å². The van der Waals surface area contributed by atoms with E-state index in [1.165, 1.54) is 12.1 Å². The summed E-state index contributed by atoms with van der Waals surface area (Å²) >= 11 is 5.62. The van der Waals surface area contributed by atoms with Gasteiger partial charge < -0.3 is 10.4 Å². The lowest BCUT2D eigenvalue weighted by molar-refractivity contribution is 0.191. The lowest BCUT2D eigenvalue weighted by Crippen LogP contribution is -2.13. The number of aliphatic hydroxyl groups is 1. The number of nitrogens with zero attached hydrogens (tertiary/aromatic N) is 2. The average molecular weight is 308 g/mol. The number of hydrogen-bond acceptors (Lipinski definition) is 4. The Morgan fingerprint density at radius 2 is 2.19 bits per heavy atom. The lowest BCUT2D eigenvalue weighted by atomic mass is 10.1. The van der Waals surface area contributed by atoms with E-state index in [1.807, 2.05) is 0 Å². The fraction of sp³-hybridized carbons (Fsp3) is 0.333. The van der Waals surface area contributed by atoms with E-state index < -0.39 is 11.9 Å². The number of halogens is 2. The Hall–Kier alpha value is -1.72. The first-order valence-electron chi connectivity index (χ1n) is 6.83. The first kappa shape index (κ1) is 14.2. The summed E-state index contributed by atoms with van der Waals surface area (Å²) in [4.78, 5) is 8.63. The summed E-state index contributed by atoms with van der Waals surface area (Å²) in [6, 6.07) is 6.03. The van der Waals surface area contributed by atoms with Crippen molar-refractivity contribution in [1.29, 1.82) is 0 Å². The third-order valence-corrected chi connectivity index (χ3v) is 3.73. The summed E-state index contributed by atoms with van der Waals surface area (Å²) in [7, 11) is 0. The summed E-state index contributed by atoms with van der Waals surface area (Å²) in [5.74, 6) is 1.45. The molecule has 6 heteroatoms. The van der Waals surface area contributed by atoms with Crippen LogP contribution in [0.1, 0.15) is 36.3 Å². The second-order valence-electron chi connectivity index (χ2n) is 5.14. The van der Waals surface area contributed by atoms with Crippen molar-refractivity contribution < 1.29 is 9.50 Å². The molecule has 2 aromatic rings. The zero-order valence-corrected chi connectivity index (χ0v) is 12.0. The largest absolute Gasteiger partial charge is 0.387 e. The minimum atomic E-state index is -0.837. The van der Waals surface area contributed by atoms with Crippen LogP contribution in [0.5, 0.6) is 0 Å². The number of aromatic nitrogens is 2. The van der Waals surface area contributed by atoms with Crippen LogP contribution in [0, 0.1) is 5.82 Å². The minimum absolute atomic E-state index is 0.0452. The molecule has 1 fully saturated rings. The highest BCUT2D eigenvalue weighted by Gasteiger charge is 2.26. The van der Waals surface area contributed by atoms with Crippen LogP contribution in [0.15, 0.2) is 30.5 Å². The van der Waals surface area contributed by atoms with Gasteiger partial charge in [-0.1, -0.05) is 17.7 Å². The molecule has 1 saturated carbocycles. The second-order valence-corrected chi connectivity index (χ2v) is 5.55. The fourth-order valence-electron chi connectivity index (χ4n) is 2.05. The summed E-state index contributed by atoms with van der Waals surface area (Å²) in [6.45, 7) is 0.238. The van der Waals surface area contributed by atoms with Crippen LogP contribution < -0.4 is 5.32 Å². The smallest absolute Gasteiger partial charge is 0.142 e. The van der Waals surface area contributed by atoms with Crippen LogP contribution in [-0.2, 0) is 0 Å². The van der Waals surface area contributed by atoms with Crippen LogP contribution in [0.2, 0.25) is 5.02 Å². The van der Waals surface area contributed by atoms with Gasteiger partial charge in [0, 0.05) is 18.7 Å². The predicted octanol–water partition coefficient (Wildman–Crippen LogP) is 3.29. The normalized spacial score (nSPS) is 15.8. The first-order valence-corrected chi connectivity index (χ1v) is 7.21. The minimum Gasteiger partial charge on any atom is -0.387 e. The molecular weight excluding hydrogens is 293 g/mol. The van der Waals surface area contributed by atoms with Crippen molar-refractivity contribution in [3.05, 3.63) is 52.7 Å². The molecule has 2 N–H and O–H groups in total. The van der Waals surface area contributed by atoms with Gasteiger partial charge in [-0.05, 0) is 36.6 Å². The maximum Gasteiger partial charge on any atom is 0.142 e. The average Bonchev–Trinajstić information content (AvgIpc) is 3.32. The quantitative estimate of drug-likeness (QED) is 0.890. The number of benzene rings is 1. The Kier molecular flexibility index (Phi) is 4.03. The molecule has 1 unspecified atom stereocenters. The highest BCUT2D eigenvalue weighted by atomic mass is 35.5. The Labute approximate surface area is 127 Å². The van der Waals surface area contributed by atoms with E-state index in [-0.39, 0.29) is 11.6 Å². The van der Waals surface area contributed by atoms with E-state index in [0.29, 0.717) is 17.3 Å². The molecule has 1 heterocycles. The summed E-state index contributed by atoms with van der Waals surface area (Å²) in [5, 5.41) is 13.2. The van der Waals surface area contributed by atoms with Gasteiger partial charge in [-0.25, -0.2) is 14.4 Å². The highest BCUT2D eigenvalue weighted by Crippen LogP contribution is 2.38. The fourth-order valence-corrected chi connectivity index (χ4v) is 2.17. The Bertz CT molecular complexity index is 649. The molecule has 1 aromatic heterocycles. The van der Waals surface area contributed by atoms with Crippen molar-refractivity contribution >= 4 is 17.4 Å². The Morgan fingerprint density at radius 3 is 2.90 bits per heavy atom. The SMILES string of the molecule is OC(CNc1ccnc(C2CC2)n1)c1ccc(Cl)c(F)c1. The summed E-state index contributed by atoms with van der Waals surface area (Å²) in [6.07, 6.45) is 3.14. The number of hydrogen-bond donors (Lipinski definition) is 2. The van der Waals surface area contributed by atoms with E-state index in [2.05, 4.69) is 15.3 Å². The van der Waals surface area contributed by atoms with E-state index in [0.717, 1.165) is 18.7 Å². The van der Waals surface area contributed by atoms with Crippen molar-refractivity contribution in [3.8, 4) is 0 Å². The third-order valence-electron chi connectivity index (χ3n) is 3.42. The van der Waals surface area contributed by atoms with Crippen LogP contribution in [0.3, 0.4) is 0 Å². The van der Waals surface area contributed by atoms with Gasteiger partial charge in [0.2, 0.25) is 0 Å². The molecule has 0 bridgehead atoms. The zero-order chi connectivity index (χ0) is 14.8. The molecule has 0 amide bonds. The monoisotopic (exact) mass is 307 g/mol. The van der Waals surface area contributed by atoms with Crippen LogP contribution in [-0.4, -0.2) is 21.6 Å². The van der Waals surface area contributed by atoms with Crippen LogP contribution >= 0.6 is 11.6 Å². The molecule has 3 rings (SSSR count). The van der Waals surface area contributed by atoms with Crippen molar-refractivity contribution in [2.45, 2.75) is 24.9 Å². The van der Waals surface area contributed by atoms with Gasteiger partial charge in [0.15, 0.2) is 0 Å². The molecule has 21 heavy (non-hydrogen) atoms. The lowest BCUT2D eigenvalue weighted by Gasteiger charge is -2.13.